The zero-order valence-electron chi connectivity index (χ0n) is 12.2. The van der Waals surface area contributed by atoms with E-state index in [1.807, 2.05) is 43.3 Å². The fourth-order valence-electron chi connectivity index (χ4n) is 2.15. The van der Waals surface area contributed by atoms with Crippen molar-refractivity contribution < 1.29 is 9.53 Å². The number of nitrogens with zero attached hydrogens (tertiary/aromatic N) is 3. The summed E-state index contributed by atoms with van der Waals surface area (Å²) in [6.07, 6.45) is 0. The molecule has 0 aliphatic rings. The van der Waals surface area contributed by atoms with Gasteiger partial charge in [-0.25, -0.2) is 0 Å². The van der Waals surface area contributed by atoms with Crippen molar-refractivity contribution in [3.8, 4) is 11.4 Å². The highest BCUT2D eigenvalue weighted by Crippen LogP contribution is 2.30. The highest BCUT2D eigenvalue weighted by molar-refractivity contribution is 9.09. The number of ether oxygens (including phenoxy) is 1. The maximum absolute atomic E-state index is 11.3. The van der Waals surface area contributed by atoms with Gasteiger partial charge in [-0.1, -0.05) is 34.1 Å². The zero-order valence-corrected chi connectivity index (χ0v) is 13.7. The number of benzene rings is 2. The lowest BCUT2D eigenvalue weighted by Gasteiger charge is -2.11. The molecule has 0 aliphatic heterocycles. The van der Waals surface area contributed by atoms with Crippen LogP contribution in [0.25, 0.3) is 16.7 Å². The minimum absolute atomic E-state index is 0.169. The van der Waals surface area contributed by atoms with Gasteiger partial charge in [0.15, 0.2) is 5.75 Å². The highest BCUT2D eigenvalue weighted by atomic mass is 79.9. The topological polar surface area (TPSA) is 57.0 Å². The monoisotopic (exact) mass is 359 g/mol. The van der Waals surface area contributed by atoms with Gasteiger partial charge in [0.25, 0.3) is 0 Å². The first kappa shape index (κ1) is 14.7. The molecule has 2 aromatic carbocycles. The average Bonchev–Trinajstić information content (AvgIpc) is 2.90. The van der Waals surface area contributed by atoms with Gasteiger partial charge in [-0.05, 0) is 36.8 Å². The number of carbonyl (C=O) groups is 1. The molecule has 0 radical (unpaired) electrons. The Hall–Kier alpha value is -2.21. The van der Waals surface area contributed by atoms with Crippen LogP contribution in [-0.4, -0.2) is 21.0 Å². The molecule has 0 aliphatic carbocycles. The van der Waals surface area contributed by atoms with Crippen LogP contribution in [0.4, 0.5) is 0 Å². The Bertz CT molecular complexity index is 809. The van der Waals surface area contributed by atoms with Gasteiger partial charge >= 0.3 is 5.97 Å². The van der Waals surface area contributed by atoms with Gasteiger partial charge in [0.2, 0.25) is 0 Å². The fraction of sp³-hybridized carbons (Fsp3) is 0.188. The van der Waals surface area contributed by atoms with Crippen LogP contribution < -0.4 is 4.74 Å². The first-order valence-electron chi connectivity index (χ1n) is 6.83. The lowest BCUT2D eigenvalue weighted by molar-refractivity contribution is -0.131. The molecule has 0 amide bonds. The second kappa shape index (κ2) is 5.88. The molecule has 1 unspecified atom stereocenters. The quantitative estimate of drug-likeness (QED) is 0.405. The van der Waals surface area contributed by atoms with Crippen LogP contribution in [0.2, 0.25) is 0 Å². The smallest absolute Gasteiger partial charge is 0.308 e. The lowest BCUT2D eigenvalue weighted by Crippen LogP contribution is -2.08. The number of carbonyl (C=O) groups excluding carboxylic acids is 1. The molecule has 3 rings (SSSR count). The summed E-state index contributed by atoms with van der Waals surface area (Å²) in [5.74, 6) is 0.0577. The number of alkyl halides is 1. The van der Waals surface area contributed by atoms with Gasteiger partial charge in [0, 0.05) is 11.8 Å². The van der Waals surface area contributed by atoms with E-state index in [-0.39, 0.29) is 10.8 Å². The summed E-state index contributed by atoms with van der Waals surface area (Å²) in [6.45, 7) is 3.40. The van der Waals surface area contributed by atoms with E-state index in [2.05, 4.69) is 26.1 Å². The van der Waals surface area contributed by atoms with Crippen LogP contribution in [0.1, 0.15) is 24.2 Å². The van der Waals surface area contributed by atoms with E-state index in [1.54, 1.807) is 6.07 Å². The summed E-state index contributed by atoms with van der Waals surface area (Å²) in [5, 5.41) is 8.90. The molecule has 112 valence electrons. The Morgan fingerprint density at radius 2 is 1.82 bits per heavy atom. The molecule has 1 aromatic heterocycles. The van der Waals surface area contributed by atoms with Crippen molar-refractivity contribution in [1.29, 1.82) is 0 Å². The minimum atomic E-state index is -0.377. The predicted molar refractivity (Wildman–Crippen MR) is 87.5 cm³/mol. The first-order chi connectivity index (χ1) is 10.5. The van der Waals surface area contributed by atoms with Crippen LogP contribution in [0.5, 0.6) is 5.75 Å². The van der Waals surface area contributed by atoms with E-state index in [1.165, 1.54) is 11.7 Å². The summed E-state index contributed by atoms with van der Waals surface area (Å²) < 4.78 is 5.28. The normalized spacial score (nSPS) is 12.3. The molecule has 1 heterocycles. The van der Waals surface area contributed by atoms with Gasteiger partial charge in [-0.2, -0.15) is 0 Å². The third kappa shape index (κ3) is 2.87. The molecular weight excluding hydrogens is 346 g/mol. The Kier molecular flexibility index (Phi) is 3.94. The lowest BCUT2D eigenvalue weighted by atomic mass is 10.1. The molecule has 3 aromatic rings. The number of aromatic nitrogens is 3. The number of hydrogen-bond donors (Lipinski definition) is 0. The van der Waals surface area contributed by atoms with Gasteiger partial charge in [-0.3, -0.25) is 4.79 Å². The van der Waals surface area contributed by atoms with Gasteiger partial charge < -0.3 is 4.74 Å². The van der Waals surface area contributed by atoms with Gasteiger partial charge in [0.05, 0.1) is 0 Å². The molecule has 6 heteroatoms. The van der Waals surface area contributed by atoms with Crippen molar-refractivity contribution in [3.63, 3.8) is 0 Å². The van der Waals surface area contributed by atoms with Crippen molar-refractivity contribution in [3.05, 3.63) is 48.0 Å². The van der Waals surface area contributed by atoms with Crippen molar-refractivity contribution in [2.75, 3.05) is 0 Å². The summed E-state index contributed by atoms with van der Waals surface area (Å²) in [5.41, 5.74) is 3.25. The van der Waals surface area contributed by atoms with Gasteiger partial charge in [0.1, 0.15) is 16.7 Å². The third-order valence-corrected chi connectivity index (χ3v) is 3.73. The number of halogens is 1. The van der Waals surface area contributed by atoms with E-state index < -0.39 is 0 Å². The van der Waals surface area contributed by atoms with Crippen molar-refractivity contribution in [2.45, 2.75) is 18.7 Å². The van der Waals surface area contributed by atoms with Crippen LogP contribution in [0.3, 0.4) is 0 Å². The zero-order chi connectivity index (χ0) is 15.7. The molecule has 1 atom stereocenters. The molecule has 0 bridgehead atoms. The second-order valence-corrected chi connectivity index (χ2v) is 6.29. The summed E-state index contributed by atoms with van der Waals surface area (Å²) in [6, 6.07) is 13.2. The van der Waals surface area contributed by atoms with E-state index in [4.69, 9.17) is 4.74 Å². The molecule has 0 spiro atoms. The SMILES string of the molecule is CC(=O)Oc1ccc(C(C)Br)cc1-n1nc2ccccc2n1. The Morgan fingerprint density at radius 1 is 1.18 bits per heavy atom. The second-order valence-electron chi connectivity index (χ2n) is 4.91. The minimum Gasteiger partial charge on any atom is -0.424 e. The standard InChI is InChI=1S/C16H14BrN3O2/c1-10(17)12-7-8-16(22-11(2)21)15(9-12)20-18-13-5-3-4-6-14(13)19-20/h3-10H,1-2H3. The number of esters is 1. The van der Waals surface area contributed by atoms with E-state index in [0.29, 0.717) is 11.4 Å². The van der Waals surface area contributed by atoms with Crippen LogP contribution in [-0.2, 0) is 4.79 Å². The molecule has 0 saturated carbocycles. The predicted octanol–water partition coefficient (Wildman–Crippen LogP) is 3.80. The van der Waals surface area contributed by atoms with Crippen molar-refractivity contribution in [2.24, 2.45) is 0 Å². The van der Waals surface area contributed by atoms with Crippen LogP contribution >= 0.6 is 15.9 Å². The number of hydrogen-bond acceptors (Lipinski definition) is 4. The molecule has 0 fully saturated rings. The molecule has 22 heavy (non-hydrogen) atoms. The number of rotatable bonds is 3. The van der Waals surface area contributed by atoms with Crippen molar-refractivity contribution >= 4 is 32.9 Å². The van der Waals surface area contributed by atoms with E-state index >= 15 is 0 Å². The summed E-state index contributed by atoms with van der Waals surface area (Å²) in [7, 11) is 0. The first-order valence-corrected chi connectivity index (χ1v) is 7.75. The van der Waals surface area contributed by atoms with Crippen LogP contribution in [0, 0.1) is 0 Å². The molecule has 0 N–H and O–H groups in total. The summed E-state index contributed by atoms with van der Waals surface area (Å²) in [4.78, 5) is 13.0. The van der Waals surface area contributed by atoms with E-state index in [0.717, 1.165) is 16.6 Å². The Balaban J connectivity index is 2.16. The van der Waals surface area contributed by atoms with E-state index in [9.17, 15) is 4.79 Å². The Morgan fingerprint density at radius 3 is 2.36 bits per heavy atom. The Labute approximate surface area is 136 Å². The fourth-order valence-corrected chi connectivity index (χ4v) is 2.43. The molecular formula is C16H14BrN3O2. The summed E-state index contributed by atoms with van der Waals surface area (Å²) >= 11 is 3.54. The third-order valence-electron chi connectivity index (χ3n) is 3.20. The number of fused-ring (bicyclic) bond motifs is 1. The van der Waals surface area contributed by atoms with Crippen LogP contribution in [0.15, 0.2) is 42.5 Å². The average molecular weight is 360 g/mol. The van der Waals surface area contributed by atoms with Gasteiger partial charge in [-0.15, -0.1) is 15.0 Å². The molecule has 5 nitrogen and oxygen atoms in total. The largest absolute Gasteiger partial charge is 0.424 e. The maximum atomic E-state index is 11.3. The molecule has 0 saturated heterocycles. The maximum Gasteiger partial charge on any atom is 0.308 e. The van der Waals surface area contributed by atoms with Crippen molar-refractivity contribution in [1.82, 2.24) is 15.0 Å². The highest BCUT2D eigenvalue weighted by Gasteiger charge is 2.14.